The predicted octanol–water partition coefficient (Wildman–Crippen LogP) is 0.635. The number of hydrogen-bond acceptors (Lipinski definition) is 6. The molecule has 0 amide bonds. The summed E-state index contributed by atoms with van der Waals surface area (Å²) in [7, 11) is 0. The summed E-state index contributed by atoms with van der Waals surface area (Å²) >= 11 is 0. The fraction of sp³-hybridized carbons (Fsp3) is 0.250. The highest BCUT2D eigenvalue weighted by Crippen LogP contribution is 2.09. The third kappa shape index (κ3) is 3.75. The zero-order valence-electron chi connectivity index (χ0n) is 10.6. The zero-order chi connectivity index (χ0) is 14.4. The van der Waals surface area contributed by atoms with Crippen molar-refractivity contribution >= 4 is 5.84 Å². The van der Waals surface area contributed by atoms with Gasteiger partial charge in [0.15, 0.2) is 11.7 Å². The first-order valence-electron chi connectivity index (χ1n) is 5.92. The van der Waals surface area contributed by atoms with Gasteiger partial charge in [-0.2, -0.15) is 4.98 Å². The lowest BCUT2D eigenvalue weighted by molar-refractivity contribution is 0.318. The number of aromatic nitrogens is 2. The van der Waals surface area contributed by atoms with Gasteiger partial charge in [0.1, 0.15) is 5.82 Å². The molecular formula is C12H14FN5O2. The second-order valence-corrected chi connectivity index (χ2v) is 4.11. The third-order valence-electron chi connectivity index (χ3n) is 2.62. The second kappa shape index (κ2) is 6.62. The van der Waals surface area contributed by atoms with Gasteiger partial charge in [0.05, 0.1) is 0 Å². The van der Waals surface area contributed by atoms with Gasteiger partial charge in [-0.3, -0.25) is 0 Å². The van der Waals surface area contributed by atoms with Crippen molar-refractivity contribution in [2.45, 2.75) is 13.0 Å². The molecule has 2 aromatic rings. The van der Waals surface area contributed by atoms with Crippen molar-refractivity contribution < 1.29 is 14.1 Å². The highest BCUT2D eigenvalue weighted by atomic mass is 19.1. The molecule has 0 aliphatic carbocycles. The van der Waals surface area contributed by atoms with Gasteiger partial charge < -0.3 is 20.8 Å². The minimum atomic E-state index is -0.441. The Bertz CT molecular complexity index is 586. The summed E-state index contributed by atoms with van der Waals surface area (Å²) in [6, 6.07) is 4.24. The average Bonchev–Trinajstić information content (AvgIpc) is 2.95. The van der Waals surface area contributed by atoms with Gasteiger partial charge in [-0.1, -0.05) is 10.3 Å². The molecule has 0 fully saturated rings. The van der Waals surface area contributed by atoms with E-state index in [2.05, 4.69) is 25.1 Å². The molecule has 0 radical (unpaired) electrons. The Kier molecular flexibility index (Phi) is 4.61. The van der Waals surface area contributed by atoms with E-state index >= 15 is 0 Å². The molecule has 0 atom stereocenters. The lowest BCUT2D eigenvalue weighted by Gasteiger charge is -2.06. The molecule has 106 valence electrons. The van der Waals surface area contributed by atoms with Crippen LogP contribution < -0.4 is 11.1 Å². The summed E-state index contributed by atoms with van der Waals surface area (Å²) in [6.07, 6.45) is 1.88. The van der Waals surface area contributed by atoms with Crippen LogP contribution in [0.1, 0.15) is 17.0 Å². The maximum atomic E-state index is 13.4. The largest absolute Gasteiger partial charge is 0.409 e. The SMILES string of the molecule is N/C(=N/O)c1cc(F)cc(CNCCc2ncon2)c1. The molecule has 0 aliphatic rings. The molecule has 8 heteroatoms. The summed E-state index contributed by atoms with van der Waals surface area (Å²) in [5.41, 5.74) is 6.47. The van der Waals surface area contributed by atoms with E-state index in [1.54, 1.807) is 6.07 Å². The van der Waals surface area contributed by atoms with E-state index in [-0.39, 0.29) is 5.84 Å². The maximum absolute atomic E-state index is 13.4. The van der Waals surface area contributed by atoms with E-state index in [4.69, 9.17) is 10.9 Å². The number of hydrogen-bond donors (Lipinski definition) is 3. The summed E-state index contributed by atoms with van der Waals surface area (Å²) in [4.78, 5) is 3.89. The summed E-state index contributed by atoms with van der Waals surface area (Å²) in [5, 5.41) is 18.2. The van der Waals surface area contributed by atoms with Crippen LogP contribution in [-0.2, 0) is 13.0 Å². The van der Waals surface area contributed by atoms with E-state index in [1.165, 1.54) is 18.5 Å². The molecule has 0 bridgehead atoms. The molecule has 0 aliphatic heterocycles. The van der Waals surface area contributed by atoms with Crippen molar-refractivity contribution in [3.8, 4) is 0 Å². The summed E-state index contributed by atoms with van der Waals surface area (Å²) in [5.74, 6) is 0.0377. The van der Waals surface area contributed by atoms with E-state index < -0.39 is 5.82 Å². The monoisotopic (exact) mass is 279 g/mol. The molecular weight excluding hydrogens is 265 g/mol. The molecule has 7 nitrogen and oxygen atoms in total. The Balaban J connectivity index is 1.90. The molecule has 20 heavy (non-hydrogen) atoms. The first-order chi connectivity index (χ1) is 9.69. The Labute approximate surface area is 114 Å². The fourth-order valence-electron chi connectivity index (χ4n) is 1.69. The number of halogens is 1. The van der Waals surface area contributed by atoms with Crippen molar-refractivity contribution in [1.29, 1.82) is 0 Å². The van der Waals surface area contributed by atoms with Crippen LogP contribution in [0.3, 0.4) is 0 Å². The topological polar surface area (TPSA) is 110 Å². The van der Waals surface area contributed by atoms with E-state index in [9.17, 15) is 4.39 Å². The quantitative estimate of drug-likeness (QED) is 0.235. The van der Waals surface area contributed by atoms with E-state index in [0.29, 0.717) is 36.5 Å². The normalized spacial score (nSPS) is 11.8. The predicted molar refractivity (Wildman–Crippen MR) is 68.6 cm³/mol. The molecule has 1 aromatic heterocycles. The average molecular weight is 279 g/mol. The number of nitrogens with zero attached hydrogens (tertiary/aromatic N) is 3. The first kappa shape index (κ1) is 13.9. The molecule has 2 rings (SSSR count). The molecule has 1 heterocycles. The minimum Gasteiger partial charge on any atom is -0.409 e. The lowest BCUT2D eigenvalue weighted by Crippen LogP contribution is -2.18. The van der Waals surface area contributed by atoms with Crippen LogP contribution in [0.2, 0.25) is 0 Å². The van der Waals surface area contributed by atoms with Gasteiger partial charge in [0.25, 0.3) is 0 Å². The number of benzene rings is 1. The van der Waals surface area contributed by atoms with Crippen molar-refractivity contribution in [1.82, 2.24) is 15.5 Å². The van der Waals surface area contributed by atoms with Crippen LogP contribution in [0, 0.1) is 5.82 Å². The van der Waals surface area contributed by atoms with Gasteiger partial charge in [-0.25, -0.2) is 4.39 Å². The number of nitrogens with two attached hydrogens (primary N) is 1. The Morgan fingerprint density at radius 1 is 1.45 bits per heavy atom. The van der Waals surface area contributed by atoms with Gasteiger partial charge >= 0.3 is 0 Å². The van der Waals surface area contributed by atoms with Gasteiger partial charge in [0, 0.05) is 25.1 Å². The van der Waals surface area contributed by atoms with Gasteiger partial charge in [-0.05, 0) is 23.8 Å². The van der Waals surface area contributed by atoms with E-state index in [0.717, 1.165) is 0 Å². The Morgan fingerprint density at radius 3 is 3.00 bits per heavy atom. The first-order valence-corrected chi connectivity index (χ1v) is 5.92. The van der Waals surface area contributed by atoms with Crippen molar-refractivity contribution in [2.75, 3.05) is 6.54 Å². The molecule has 0 saturated heterocycles. The van der Waals surface area contributed by atoms with Crippen LogP contribution >= 0.6 is 0 Å². The second-order valence-electron chi connectivity index (χ2n) is 4.11. The smallest absolute Gasteiger partial charge is 0.213 e. The number of rotatable bonds is 6. The van der Waals surface area contributed by atoms with Gasteiger partial charge in [0.2, 0.25) is 6.39 Å². The van der Waals surface area contributed by atoms with Crippen LogP contribution in [0.4, 0.5) is 4.39 Å². The maximum Gasteiger partial charge on any atom is 0.213 e. The van der Waals surface area contributed by atoms with Crippen molar-refractivity contribution in [3.63, 3.8) is 0 Å². The number of amidine groups is 1. The third-order valence-corrected chi connectivity index (χ3v) is 2.62. The highest BCUT2D eigenvalue weighted by Gasteiger charge is 2.05. The van der Waals surface area contributed by atoms with E-state index in [1.807, 2.05) is 0 Å². The molecule has 0 saturated carbocycles. The molecule has 4 N–H and O–H groups in total. The summed E-state index contributed by atoms with van der Waals surface area (Å²) in [6.45, 7) is 1.07. The van der Waals surface area contributed by atoms with Crippen LogP contribution in [-0.4, -0.2) is 27.7 Å². The standard InChI is InChI=1S/C12H14FN5O2/c13-10-4-8(3-9(5-10)12(14)17-19)6-15-2-1-11-16-7-20-18-11/h3-5,7,15,19H,1-2,6H2,(H2,14,17). The number of nitrogens with one attached hydrogen (secondary N) is 1. The Morgan fingerprint density at radius 2 is 2.30 bits per heavy atom. The van der Waals surface area contributed by atoms with Crippen LogP contribution in [0.5, 0.6) is 0 Å². The molecule has 0 unspecified atom stereocenters. The lowest BCUT2D eigenvalue weighted by atomic mass is 10.1. The highest BCUT2D eigenvalue weighted by molar-refractivity contribution is 5.97. The minimum absolute atomic E-state index is 0.127. The summed E-state index contributed by atoms with van der Waals surface area (Å²) < 4.78 is 18.0. The number of oxime groups is 1. The van der Waals surface area contributed by atoms with Gasteiger partial charge in [-0.15, -0.1) is 0 Å². The Hall–Kier alpha value is -2.48. The van der Waals surface area contributed by atoms with Crippen LogP contribution in [0.15, 0.2) is 34.3 Å². The van der Waals surface area contributed by atoms with Crippen molar-refractivity contribution in [2.24, 2.45) is 10.9 Å². The molecule has 1 aromatic carbocycles. The van der Waals surface area contributed by atoms with Crippen molar-refractivity contribution in [3.05, 3.63) is 47.4 Å². The zero-order valence-corrected chi connectivity index (χ0v) is 10.6. The fourth-order valence-corrected chi connectivity index (χ4v) is 1.69. The van der Waals surface area contributed by atoms with Crippen LogP contribution in [0.25, 0.3) is 0 Å². The molecule has 0 spiro atoms.